The van der Waals surface area contributed by atoms with E-state index in [9.17, 15) is 5.11 Å². The molecule has 1 heterocycles. The molecule has 0 aliphatic rings. The summed E-state index contributed by atoms with van der Waals surface area (Å²) in [6.45, 7) is 0. The van der Waals surface area contributed by atoms with Gasteiger partial charge in [-0.3, -0.25) is 4.68 Å². The van der Waals surface area contributed by atoms with Crippen molar-refractivity contribution in [3.05, 3.63) is 41.6 Å². The van der Waals surface area contributed by atoms with E-state index in [0.29, 0.717) is 17.8 Å². The third-order valence-corrected chi connectivity index (χ3v) is 2.94. The number of aliphatic hydroxyl groups excluding tert-OH is 1. The second-order valence-electron chi connectivity index (χ2n) is 4.18. The van der Waals surface area contributed by atoms with Gasteiger partial charge in [0, 0.05) is 19.0 Å². The molecule has 5 nitrogen and oxygen atoms in total. The van der Waals surface area contributed by atoms with E-state index in [4.69, 9.17) is 10.5 Å². The van der Waals surface area contributed by atoms with Crippen LogP contribution >= 0.6 is 0 Å². The summed E-state index contributed by atoms with van der Waals surface area (Å²) < 4.78 is 6.69. The molecular weight excluding hydrogens is 230 g/mol. The largest absolute Gasteiger partial charge is 0.497 e. The van der Waals surface area contributed by atoms with Crippen molar-refractivity contribution in [1.29, 1.82) is 0 Å². The van der Waals surface area contributed by atoms with Crippen molar-refractivity contribution >= 4 is 5.82 Å². The van der Waals surface area contributed by atoms with Crippen molar-refractivity contribution in [3.8, 4) is 5.75 Å². The first-order chi connectivity index (χ1) is 8.61. The molecule has 0 radical (unpaired) electrons. The van der Waals surface area contributed by atoms with Gasteiger partial charge in [-0.2, -0.15) is 5.10 Å². The number of nitrogens with two attached hydrogens (primary N) is 1. The molecule has 18 heavy (non-hydrogen) atoms. The number of aliphatic hydroxyl groups is 1. The first-order valence-corrected chi connectivity index (χ1v) is 5.70. The number of ether oxygens (including phenoxy) is 1. The molecule has 3 N–H and O–H groups in total. The smallest absolute Gasteiger partial charge is 0.127 e. The van der Waals surface area contributed by atoms with Crippen molar-refractivity contribution in [2.45, 2.75) is 12.5 Å². The highest BCUT2D eigenvalue weighted by molar-refractivity contribution is 5.41. The molecule has 1 aromatic carbocycles. The summed E-state index contributed by atoms with van der Waals surface area (Å²) in [5.41, 5.74) is 7.47. The number of aromatic nitrogens is 2. The predicted octanol–water partition coefficient (Wildman–Crippen LogP) is 1.29. The van der Waals surface area contributed by atoms with E-state index in [-0.39, 0.29) is 0 Å². The van der Waals surface area contributed by atoms with Crippen LogP contribution in [-0.2, 0) is 13.5 Å². The monoisotopic (exact) mass is 247 g/mol. The number of nitrogens with zero attached hydrogens (tertiary/aromatic N) is 2. The van der Waals surface area contributed by atoms with Crippen LogP contribution in [0.5, 0.6) is 5.75 Å². The Hall–Kier alpha value is -2.01. The molecular formula is C13H17N3O2. The van der Waals surface area contributed by atoms with E-state index in [0.717, 1.165) is 11.3 Å². The summed E-state index contributed by atoms with van der Waals surface area (Å²) in [7, 11) is 3.37. The fourth-order valence-corrected chi connectivity index (χ4v) is 1.85. The Balaban J connectivity index is 2.15. The lowest BCUT2D eigenvalue weighted by Crippen LogP contribution is -2.06. The average Bonchev–Trinajstić information content (AvgIpc) is 2.70. The highest BCUT2D eigenvalue weighted by Crippen LogP contribution is 2.24. The maximum Gasteiger partial charge on any atom is 0.127 e. The van der Waals surface area contributed by atoms with Gasteiger partial charge in [-0.05, 0) is 17.7 Å². The van der Waals surface area contributed by atoms with Crippen LogP contribution in [0.1, 0.15) is 17.2 Å². The lowest BCUT2D eigenvalue weighted by Gasteiger charge is -2.11. The third-order valence-electron chi connectivity index (χ3n) is 2.94. The van der Waals surface area contributed by atoms with E-state index in [1.807, 2.05) is 24.3 Å². The molecule has 0 fully saturated rings. The van der Waals surface area contributed by atoms with Crippen LogP contribution < -0.4 is 10.5 Å². The molecule has 0 saturated carbocycles. The summed E-state index contributed by atoms with van der Waals surface area (Å²) in [6.07, 6.45) is 1.42. The number of benzene rings is 1. The van der Waals surface area contributed by atoms with E-state index in [1.165, 1.54) is 0 Å². The van der Waals surface area contributed by atoms with Crippen LogP contribution in [0.2, 0.25) is 0 Å². The fraction of sp³-hybridized carbons (Fsp3) is 0.308. The van der Waals surface area contributed by atoms with Crippen molar-refractivity contribution in [3.63, 3.8) is 0 Å². The Bertz CT molecular complexity index is 537. The second-order valence-corrected chi connectivity index (χ2v) is 4.18. The first kappa shape index (κ1) is 12.4. The summed E-state index contributed by atoms with van der Waals surface area (Å²) in [6, 6.07) is 7.61. The minimum Gasteiger partial charge on any atom is -0.497 e. The van der Waals surface area contributed by atoms with Crippen molar-refractivity contribution < 1.29 is 9.84 Å². The Morgan fingerprint density at radius 3 is 2.89 bits per heavy atom. The molecule has 5 heteroatoms. The molecule has 2 aromatic rings. The van der Waals surface area contributed by atoms with Gasteiger partial charge in [0.15, 0.2) is 0 Å². The number of rotatable bonds is 4. The Morgan fingerprint density at radius 1 is 1.50 bits per heavy atom. The van der Waals surface area contributed by atoms with Gasteiger partial charge < -0.3 is 15.6 Å². The van der Waals surface area contributed by atoms with Gasteiger partial charge in [-0.1, -0.05) is 12.1 Å². The first-order valence-electron chi connectivity index (χ1n) is 5.70. The molecule has 0 bridgehead atoms. The summed E-state index contributed by atoms with van der Waals surface area (Å²) in [5.74, 6) is 1.27. The number of methoxy groups -OCH3 is 1. The molecule has 1 aromatic heterocycles. The van der Waals surface area contributed by atoms with Crippen LogP contribution in [0, 0.1) is 0 Å². The summed E-state index contributed by atoms with van der Waals surface area (Å²) >= 11 is 0. The van der Waals surface area contributed by atoms with Gasteiger partial charge in [-0.25, -0.2) is 0 Å². The van der Waals surface area contributed by atoms with E-state index in [1.54, 1.807) is 25.0 Å². The lowest BCUT2D eigenvalue weighted by molar-refractivity contribution is 0.179. The number of aryl methyl sites for hydroxylation is 1. The van der Waals surface area contributed by atoms with Gasteiger partial charge in [0.2, 0.25) is 0 Å². The molecule has 96 valence electrons. The quantitative estimate of drug-likeness (QED) is 0.853. The standard InChI is InChI=1S/C13H17N3O2/c1-16-13(14)11(8-15-16)12(17)7-9-4-3-5-10(6-9)18-2/h3-6,8,12,17H,7,14H2,1-2H3. The highest BCUT2D eigenvalue weighted by atomic mass is 16.5. The zero-order chi connectivity index (χ0) is 13.1. The number of hydrogen-bond donors (Lipinski definition) is 2. The van der Waals surface area contributed by atoms with Crippen molar-refractivity contribution in [2.24, 2.45) is 7.05 Å². The molecule has 0 amide bonds. The zero-order valence-corrected chi connectivity index (χ0v) is 10.5. The van der Waals surface area contributed by atoms with Gasteiger partial charge in [0.1, 0.15) is 11.6 Å². The summed E-state index contributed by atoms with van der Waals surface area (Å²) in [5, 5.41) is 14.2. The minimum atomic E-state index is -0.661. The third kappa shape index (κ3) is 2.46. The van der Waals surface area contributed by atoms with E-state index < -0.39 is 6.10 Å². The van der Waals surface area contributed by atoms with Crippen LogP contribution in [-0.4, -0.2) is 22.0 Å². The predicted molar refractivity (Wildman–Crippen MR) is 69.3 cm³/mol. The molecule has 0 saturated heterocycles. The van der Waals surface area contributed by atoms with E-state index >= 15 is 0 Å². The van der Waals surface area contributed by atoms with E-state index in [2.05, 4.69) is 5.10 Å². The van der Waals surface area contributed by atoms with Crippen molar-refractivity contribution in [2.75, 3.05) is 12.8 Å². The average molecular weight is 247 g/mol. The Kier molecular flexibility index (Phi) is 3.53. The highest BCUT2D eigenvalue weighted by Gasteiger charge is 2.15. The van der Waals surface area contributed by atoms with Crippen LogP contribution in [0.25, 0.3) is 0 Å². The molecule has 1 unspecified atom stereocenters. The number of nitrogen functional groups attached to an aromatic ring is 1. The number of hydrogen-bond acceptors (Lipinski definition) is 4. The Labute approximate surface area is 106 Å². The van der Waals surface area contributed by atoms with Crippen LogP contribution in [0.4, 0.5) is 5.82 Å². The van der Waals surface area contributed by atoms with Gasteiger partial charge in [0.25, 0.3) is 0 Å². The molecule has 2 rings (SSSR count). The van der Waals surface area contributed by atoms with Gasteiger partial charge >= 0.3 is 0 Å². The van der Waals surface area contributed by atoms with Gasteiger partial charge in [0.05, 0.1) is 19.4 Å². The maximum atomic E-state index is 10.2. The normalized spacial score (nSPS) is 12.4. The lowest BCUT2D eigenvalue weighted by atomic mass is 10.0. The van der Waals surface area contributed by atoms with Crippen LogP contribution in [0.15, 0.2) is 30.5 Å². The Morgan fingerprint density at radius 2 is 2.28 bits per heavy atom. The minimum absolute atomic E-state index is 0.479. The van der Waals surface area contributed by atoms with Crippen molar-refractivity contribution in [1.82, 2.24) is 9.78 Å². The topological polar surface area (TPSA) is 73.3 Å². The molecule has 0 aliphatic heterocycles. The SMILES string of the molecule is COc1cccc(CC(O)c2cnn(C)c2N)c1. The molecule has 1 atom stereocenters. The molecule has 0 spiro atoms. The number of anilines is 1. The second kappa shape index (κ2) is 5.10. The molecule has 0 aliphatic carbocycles. The van der Waals surface area contributed by atoms with Gasteiger partial charge in [-0.15, -0.1) is 0 Å². The fourth-order valence-electron chi connectivity index (χ4n) is 1.85. The van der Waals surface area contributed by atoms with Crippen LogP contribution in [0.3, 0.4) is 0 Å². The summed E-state index contributed by atoms with van der Waals surface area (Å²) in [4.78, 5) is 0. The zero-order valence-electron chi connectivity index (χ0n) is 10.5. The maximum absolute atomic E-state index is 10.2.